The van der Waals surface area contributed by atoms with E-state index in [2.05, 4.69) is 59.2 Å². The summed E-state index contributed by atoms with van der Waals surface area (Å²) in [5, 5.41) is 11.1. The maximum Gasteiger partial charge on any atom is 0.191 e. The van der Waals surface area contributed by atoms with E-state index in [1.807, 2.05) is 40.8 Å². The lowest BCUT2D eigenvalue weighted by molar-refractivity contribution is 0.664. The second-order valence-corrected chi connectivity index (χ2v) is 7.79. The summed E-state index contributed by atoms with van der Waals surface area (Å²) in [4.78, 5) is 4.27. The highest BCUT2D eigenvalue weighted by atomic mass is 32.2. The molecule has 0 saturated heterocycles. The van der Waals surface area contributed by atoms with Gasteiger partial charge in [-0.3, -0.25) is 9.67 Å². The van der Waals surface area contributed by atoms with Gasteiger partial charge in [-0.25, -0.2) is 0 Å². The molecule has 2 aromatic rings. The third-order valence-corrected chi connectivity index (χ3v) is 5.04. The van der Waals surface area contributed by atoms with E-state index >= 15 is 0 Å². The van der Waals surface area contributed by atoms with Gasteiger partial charge in [0, 0.05) is 36.6 Å². The molecule has 0 fully saturated rings. The number of nitrogens with one attached hydrogen (secondary N) is 2. The lowest BCUT2D eigenvalue weighted by Gasteiger charge is -2.23. The van der Waals surface area contributed by atoms with Crippen LogP contribution in [0.2, 0.25) is 0 Å². The fourth-order valence-corrected chi connectivity index (χ4v) is 2.35. The van der Waals surface area contributed by atoms with Crippen LogP contribution in [-0.4, -0.2) is 40.3 Å². The van der Waals surface area contributed by atoms with Gasteiger partial charge >= 0.3 is 0 Å². The van der Waals surface area contributed by atoms with Gasteiger partial charge in [0.25, 0.3) is 0 Å². The van der Waals surface area contributed by atoms with Crippen molar-refractivity contribution in [1.82, 2.24) is 20.4 Å². The Hall–Kier alpha value is -1.95. The molecule has 0 aliphatic carbocycles. The molecule has 0 aliphatic rings. The Morgan fingerprint density at radius 1 is 1.21 bits per heavy atom. The first-order chi connectivity index (χ1) is 11.5. The number of guanidine groups is 1. The Morgan fingerprint density at radius 3 is 2.62 bits per heavy atom. The molecule has 130 valence electrons. The maximum absolute atomic E-state index is 4.43. The van der Waals surface area contributed by atoms with Gasteiger partial charge in [-0.15, -0.1) is 0 Å². The maximum atomic E-state index is 4.43. The average molecular weight is 346 g/mol. The second-order valence-electron chi connectivity index (χ2n) is 6.27. The highest BCUT2D eigenvalue weighted by Gasteiger charge is 2.16. The number of nitrogens with zero attached hydrogens (tertiary/aromatic N) is 3. The molecule has 0 spiro atoms. The summed E-state index contributed by atoms with van der Waals surface area (Å²) in [5.74, 6) is 0.813. The number of aromatic nitrogens is 2. The Labute approximate surface area is 148 Å². The first-order valence-electron chi connectivity index (χ1n) is 8.07. The highest BCUT2D eigenvalue weighted by molar-refractivity contribution is 7.99. The Bertz CT molecular complexity index is 648. The molecule has 0 atom stereocenters. The Kier molecular flexibility index (Phi) is 6.73. The molecule has 1 heterocycles. The molecule has 5 nitrogen and oxygen atoms in total. The van der Waals surface area contributed by atoms with Crippen LogP contribution in [0.1, 0.15) is 25.0 Å². The summed E-state index contributed by atoms with van der Waals surface area (Å²) in [6, 6.07) is 10.3. The molecule has 0 aliphatic heterocycles. The molecular weight excluding hydrogens is 318 g/mol. The van der Waals surface area contributed by atoms with Gasteiger partial charge in [-0.05, 0) is 25.7 Å². The first-order valence-corrected chi connectivity index (χ1v) is 9.30. The molecule has 1 aromatic heterocycles. The number of aliphatic imine (C=N–C) groups is 1. The van der Waals surface area contributed by atoms with Crippen molar-refractivity contribution in [2.45, 2.75) is 31.7 Å². The van der Waals surface area contributed by atoms with Crippen molar-refractivity contribution in [3.63, 3.8) is 0 Å². The lowest BCUT2D eigenvalue weighted by Crippen LogP contribution is -2.42. The molecule has 2 rings (SSSR count). The van der Waals surface area contributed by atoms with Gasteiger partial charge in [0.2, 0.25) is 0 Å². The van der Waals surface area contributed by atoms with Crippen LogP contribution in [0.3, 0.4) is 0 Å². The summed E-state index contributed by atoms with van der Waals surface area (Å²) >= 11 is 1.84. The molecule has 0 bridgehead atoms. The smallest absolute Gasteiger partial charge is 0.191 e. The Morgan fingerprint density at radius 2 is 1.96 bits per heavy atom. The average Bonchev–Trinajstić information content (AvgIpc) is 3.03. The van der Waals surface area contributed by atoms with Crippen LogP contribution in [0.4, 0.5) is 0 Å². The lowest BCUT2D eigenvalue weighted by atomic mass is 10.2. The molecule has 0 saturated carbocycles. The molecule has 1 aromatic carbocycles. The predicted molar refractivity (Wildman–Crippen MR) is 104 cm³/mol. The van der Waals surface area contributed by atoms with Crippen molar-refractivity contribution in [2.75, 3.05) is 19.8 Å². The molecule has 0 amide bonds. The van der Waals surface area contributed by atoms with E-state index in [9.17, 15) is 0 Å². The van der Waals surface area contributed by atoms with Crippen LogP contribution >= 0.6 is 11.8 Å². The summed E-state index contributed by atoms with van der Waals surface area (Å²) in [5.41, 5.74) is 2.38. The third-order valence-electron chi connectivity index (χ3n) is 3.79. The summed E-state index contributed by atoms with van der Waals surface area (Å²) in [6.07, 6.45) is 6.09. The second kappa shape index (κ2) is 8.78. The van der Waals surface area contributed by atoms with Crippen molar-refractivity contribution in [1.29, 1.82) is 0 Å². The number of hydrogen-bond acceptors (Lipinski definition) is 3. The summed E-state index contributed by atoms with van der Waals surface area (Å²) < 4.78 is 2.14. The van der Waals surface area contributed by atoms with E-state index in [-0.39, 0.29) is 4.75 Å². The minimum atomic E-state index is 0.179. The first kappa shape index (κ1) is 18.4. The van der Waals surface area contributed by atoms with Gasteiger partial charge in [-0.1, -0.05) is 30.3 Å². The largest absolute Gasteiger partial charge is 0.355 e. The van der Waals surface area contributed by atoms with E-state index in [0.29, 0.717) is 6.54 Å². The van der Waals surface area contributed by atoms with Gasteiger partial charge in [-0.2, -0.15) is 16.9 Å². The summed E-state index contributed by atoms with van der Waals surface area (Å²) in [6.45, 7) is 6.78. The van der Waals surface area contributed by atoms with Gasteiger partial charge in [0.1, 0.15) is 0 Å². The molecule has 2 N–H and O–H groups in total. The van der Waals surface area contributed by atoms with Crippen molar-refractivity contribution >= 4 is 17.7 Å². The topological polar surface area (TPSA) is 54.2 Å². The minimum Gasteiger partial charge on any atom is -0.355 e. The van der Waals surface area contributed by atoms with Gasteiger partial charge in [0.15, 0.2) is 5.96 Å². The van der Waals surface area contributed by atoms with Gasteiger partial charge in [0.05, 0.1) is 12.7 Å². The quantitative estimate of drug-likeness (QED) is 0.598. The SMILES string of the molecule is CN=C(NCc1cnn(Cc2ccccc2)c1)NCC(C)(C)SC. The fourth-order valence-electron chi connectivity index (χ4n) is 2.13. The standard InChI is InChI=1S/C18H27N5S/c1-18(2,24-4)14-21-17(19-3)20-10-16-11-22-23(13-16)12-15-8-6-5-7-9-15/h5-9,11,13H,10,12,14H2,1-4H3,(H2,19,20,21). The van der Waals surface area contributed by atoms with E-state index in [1.54, 1.807) is 7.05 Å². The van der Waals surface area contributed by atoms with E-state index in [1.165, 1.54) is 5.56 Å². The zero-order valence-corrected chi connectivity index (χ0v) is 15.7. The van der Waals surface area contributed by atoms with E-state index in [4.69, 9.17) is 0 Å². The Balaban J connectivity index is 1.83. The van der Waals surface area contributed by atoms with E-state index in [0.717, 1.165) is 24.6 Å². The van der Waals surface area contributed by atoms with Crippen molar-refractivity contribution < 1.29 is 0 Å². The van der Waals surface area contributed by atoms with Crippen molar-refractivity contribution in [3.05, 3.63) is 53.9 Å². The minimum absolute atomic E-state index is 0.179. The highest BCUT2D eigenvalue weighted by Crippen LogP contribution is 2.19. The van der Waals surface area contributed by atoms with Crippen LogP contribution in [0, 0.1) is 0 Å². The number of thioether (sulfide) groups is 1. The van der Waals surface area contributed by atoms with Crippen molar-refractivity contribution in [3.8, 4) is 0 Å². The third kappa shape index (κ3) is 5.92. The molecule has 0 unspecified atom stereocenters. The predicted octanol–water partition coefficient (Wildman–Crippen LogP) is 2.74. The van der Waals surface area contributed by atoms with Gasteiger partial charge < -0.3 is 10.6 Å². The van der Waals surface area contributed by atoms with Crippen LogP contribution in [-0.2, 0) is 13.1 Å². The van der Waals surface area contributed by atoms with E-state index < -0.39 is 0 Å². The number of benzene rings is 1. The van der Waals surface area contributed by atoms with Crippen LogP contribution < -0.4 is 10.6 Å². The fraction of sp³-hybridized carbons (Fsp3) is 0.444. The number of hydrogen-bond donors (Lipinski definition) is 2. The van der Waals surface area contributed by atoms with Crippen LogP contribution in [0.5, 0.6) is 0 Å². The normalized spacial score (nSPS) is 12.2. The van der Waals surface area contributed by atoms with Crippen LogP contribution in [0.15, 0.2) is 47.7 Å². The molecule has 24 heavy (non-hydrogen) atoms. The molecule has 6 heteroatoms. The van der Waals surface area contributed by atoms with Crippen LogP contribution in [0.25, 0.3) is 0 Å². The van der Waals surface area contributed by atoms with Crippen molar-refractivity contribution in [2.24, 2.45) is 4.99 Å². The molecule has 0 radical (unpaired) electrons. The monoisotopic (exact) mass is 345 g/mol. The summed E-state index contributed by atoms with van der Waals surface area (Å²) in [7, 11) is 1.79. The number of rotatable bonds is 7. The zero-order chi connectivity index (χ0) is 17.4. The molecular formula is C18H27N5S. The zero-order valence-electron chi connectivity index (χ0n) is 14.9.